The van der Waals surface area contributed by atoms with E-state index < -0.39 is 16.0 Å². The highest BCUT2D eigenvalue weighted by Crippen LogP contribution is 2.20. The van der Waals surface area contributed by atoms with Gasteiger partial charge in [0, 0.05) is 11.8 Å². The molecule has 0 spiro atoms. The smallest absolute Gasteiger partial charge is 0.328 e. The molecule has 0 aromatic heterocycles. The molecular weight excluding hydrogens is 290 g/mol. The topological polar surface area (TPSA) is 83.5 Å². The second-order valence-electron chi connectivity index (χ2n) is 6.03. The zero-order chi connectivity index (χ0) is 16.1. The molecule has 0 heterocycles. The quantitative estimate of drug-likeness (QED) is 0.791. The van der Waals surface area contributed by atoms with Crippen molar-refractivity contribution < 1.29 is 18.3 Å². The van der Waals surface area contributed by atoms with Crippen LogP contribution in [0.15, 0.2) is 30.3 Å². The molecule has 6 heteroatoms. The number of carboxylic acid groups (broad SMARTS) is 1. The van der Waals surface area contributed by atoms with Crippen LogP contribution in [-0.4, -0.2) is 25.2 Å². The molecule has 0 amide bonds. The van der Waals surface area contributed by atoms with Gasteiger partial charge in [-0.15, -0.1) is 0 Å². The van der Waals surface area contributed by atoms with Gasteiger partial charge in [-0.2, -0.15) is 0 Å². The van der Waals surface area contributed by atoms with Crippen LogP contribution in [-0.2, 0) is 14.8 Å². The number of rotatable bonds is 6. The standard InChI is InChI=1S/C15H21NO4S/c1-15(2,3)9-10-21(19,20)16-13-6-4-5-12(11-13)7-8-14(17)18/h4-8,11,16H,9-10H2,1-3H3,(H,17,18)/b8-7+. The highest BCUT2D eigenvalue weighted by Gasteiger charge is 2.17. The van der Waals surface area contributed by atoms with Crippen molar-refractivity contribution in [3.63, 3.8) is 0 Å². The van der Waals surface area contributed by atoms with Crippen LogP contribution in [0.4, 0.5) is 5.69 Å². The summed E-state index contributed by atoms with van der Waals surface area (Å²) in [6.07, 6.45) is 2.98. The number of hydrogen-bond acceptors (Lipinski definition) is 3. The average molecular weight is 311 g/mol. The van der Waals surface area contributed by atoms with Crippen LogP contribution in [0.1, 0.15) is 32.8 Å². The Hall–Kier alpha value is -1.82. The summed E-state index contributed by atoms with van der Waals surface area (Å²) >= 11 is 0. The molecule has 1 aromatic carbocycles. The van der Waals surface area contributed by atoms with Crippen molar-refractivity contribution in [1.82, 2.24) is 0 Å². The van der Waals surface area contributed by atoms with Crippen molar-refractivity contribution in [3.8, 4) is 0 Å². The van der Waals surface area contributed by atoms with Gasteiger partial charge in [0.2, 0.25) is 10.0 Å². The number of benzene rings is 1. The third kappa shape index (κ3) is 7.51. The monoisotopic (exact) mass is 311 g/mol. The molecule has 0 atom stereocenters. The second-order valence-corrected chi connectivity index (χ2v) is 7.87. The molecule has 0 saturated heterocycles. The minimum Gasteiger partial charge on any atom is -0.478 e. The van der Waals surface area contributed by atoms with Crippen LogP contribution < -0.4 is 4.72 Å². The summed E-state index contributed by atoms with van der Waals surface area (Å²) in [4.78, 5) is 10.5. The van der Waals surface area contributed by atoms with E-state index in [1.807, 2.05) is 20.8 Å². The predicted octanol–water partition coefficient (Wildman–Crippen LogP) is 2.96. The van der Waals surface area contributed by atoms with E-state index >= 15 is 0 Å². The number of carbonyl (C=O) groups is 1. The first-order chi connectivity index (χ1) is 9.57. The van der Waals surface area contributed by atoms with Gasteiger partial charge in [0.1, 0.15) is 0 Å². The molecule has 0 aliphatic carbocycles. The molecule has 0 unspecified atom stereocenters. The number of aliphatic carboxylic acids is 1. The Morgan fingerprint density at radius 3 is 2.57 bits per heavy atom. The molecule has 0 radical (unpaired) electrons. The molecule has 1 rings (SSSR count). The van der Waals surface area contributed by atoms with E-state index in [4.69, 9.17) is 5.11 Å². The van der Waals surface area contributed by atoms with E-state index in [1.54, 1.807) is 24.3 Å². The molecular formula is C15H21NO4S. The molecule has 21 heavy (non-hydrogen) atoms. The van der Waals surface area contributed by atoms with Crippen molar-refractivity contribution >= 4 is 27.8 Å². The Kier molecular flexibility index (Phi) is 5.54. The summed E-state index contributed by atoms with van der Waals surface area (Å²) in [5.41, 5.74) is 0.991. The fourth-order valence-electron chi connectivity index (χ4n) is 1.54. The highest BCUT2D eigenvalue weighted by atomic mass is 32.2. The van der Waals surface area contributed by atoms with Crippen LogP contribution in [0, 0.1) is 5.41 Å². The van der Waals surface area contributed by atoms with Crippen molar-refractivity contribution in [2.24, 2.45) is 5.41 Å². The number of carboxylic acids is 1. The third-order valence-corrected chi connectivity index (χ3v) is 3.99. The number of nitrogens with one attached hydrogen (secondary N) is 1. The number of sulfonamides is 1. The van der Waals surface area contributed by atoms with Gasteiger partial charge >= 0.3 is 5.97 Å². The summed E-state index contributed by atoms with van der Waals surface area (Å²) in [6.45, 7) is 5.96. The maximum Gasteiger partial charge on any atom is 0.328 e. The van der Waals surface area contributed by atoms with E-state index in [-0.39, 0.29) is 11.2 Å². The Bertz CT molecular complexity index is 627. The first-order valence-corrected chi connectivity index (χ1v) is 8.24. The summed E-state index contributed by atoms with van der Waals surface area (Å²) in [5.74, 6) is -1.00. The lowest BCUT2D eigenvalue weighted by Crippen LogP contribution is -2.20. The van der Waals surface area contributed by atoms with Gasteiger partial charge in [0.05, 0.1) is 5.75 Å². The van der Waals surface area contributed by atoms with Gasteiger partial charge in [-0.25, -0.2) is 13.2 Å². The average Bonchev–Trinajstić information content (AvgIpc) is 2.33. The van der Waals surface area contributed by atoms with Gasteiger partial charge in [0.25, 0.3) is 0 Å². The first kappa shape index (κ1) is 17.2. The first-order valence-electron chi connectivity index (χ1n) is 6.59. The third-order valence-electron chi connectivity index (χ3n) is 2.70. The fourth-order valence-corrected chi connectivity index (χ4v) is 3.01. The molecule has 0 aliphatic heterocycles. The van der Waals surface area contributed by atoms with Gasteiger partial charge in [-0.05, 0) is 35.6 Å². The zero-order valence-corrected chi connectivity index (χ0v) is 13.3. The molecule has 5 nitrogen and oxygen atoms in total. The molecule has 0 fully saturated rings. The number of anilines is 1. The largest absolute Gasteiger partial charge is 0.478 e. The van der Waals surface area contributed by atoms with Crippen LogP contribution in [0.5, 0.6) is 0 Å². The molecule has 2 N–H and O–H groups in total. The van der Waals surface area contributed by atoms with Crippen LogP contribution in [0.25, 0.3) is 6.08 Å². The maximum atomic E-state index is 12.0. The number of hydrogen-bond donors (Lipinski definition) is 2. The van der Waals surface area contributed by atoms with Crippen LogP contribution in [0.2, 0.25) is 0 Å². The van der Waals surface area contributed by atoms with E-state index in [9.17, 15) is 13.2 Å². The lowest BCUT2D eigenvalue weighted by atomic mass is 9.94. The molecule has 0 aliphatic rings. The normalized spacial score (nSPS) is 12.5. The highest BCUT2D eigenvalue weighted by molar-refractivity contribution is 7.92. The molecule has 0 saturated carbocycles. The second kappa shape index (κ2) is 6.76. The van der Waals surface area contributed by atoms with Gasteiger partial charge in [-0.1, -0.05) is 32.9 Å². The van der Waals surface area contributed by atoms with Crippen molar-refractivity contribution in [1.29, 1.82) is 0 Å². The summed E-state index contributed by atoms with van der Waals surface area (Å²) in [7, 11) is -3.41. The predicted molar refractivity (Wildman–Crippen MR) is 84.6 cm³/mol. The van der Waals surface area contributed by atoms with Gasteiger partial charge < -0.3 is 5.11 Å². The SMILES string of the molecule is CC(C)(C)CCS(=O)(=O)Nc1cccc(/C=C/C(=O)O)c1. The molecule has 0 bridgehead atoms. The lowest BCUT2D eigenvalue weighted by molar-refractivity contribution is -0.131. The van der Waals surface area contributed by atoms with Gasteiger partial charge in [0.15, 0.2) is 0 Å². The Balaban J connectivity index is 2.78. The summed E-state index contributed by atoms with van der Waals surface area (Å²) < 4.78 is 26.5. The summed E-state index contributed by atoms with van der Waals surface area (Å²) in [6, 6.07) is 6.59. The maximum absolute atomic E-state index is 12.0. The van der Waals surface area contributed by atoms with Crippen molar-refractivity contribution in [2.75, 3.05) is 10.5 Å². The van der Waals surface area contributed by atoms with E-state index in [0.29, 0.717) is 17.7 Å². The fraction of sp³-hybridized carbons (Fsp3) is 0.400. The lowest BCUT2D eigenvalue weighted by Gasteiger charge is -2.18. The Labute approximate surface area is 125 Å². The van der Waals surface area contributed by atoms with Crippen molar-refractivity contribution in [2.45, 2.75) is 27.2 Å². The zero-order valence-electron chi connectivity index (χ0n) is 12.5. The van der Waals surface area contributed by atoms with Crippen LogP contribution in [0.3, 0.4) is 0 Å². The van der Waals surface area contributed by atoms with Gasteiger partial charge in [-0.3, -0.25) is 4.72 Å². The minimum atomic E-state index is -3.41. The Morgan fingerprint density at radius 2 is 2.00 bits per heavy atom. The summed E-state index contributed by atoms with van der Waals surface area (Å²) in [5, 5.41) is 8.58. The van der Waals surface area contributed by atoms with E-state index in [2.05, 4.69) is 4.72 Å². The van der Waals surface area contributed by atoms with E-state index in [1.165, 1.54) is 6.08 Å². The van der Waals surface area contributed by atoms with Crippen LogP contribution >= 0.6 is 0 Å². The molecule has 1 aromatic rings. The van der Waals surface area contributed by atoms with E-state index in [0.717, 1.165) is 6.08 Å². The molecule has 116 valence electrons. The van der Waals surface area contributed by atoms with Crippen molar-refractivity contribution in [3.05, 3.63) is 35.9 Å². The Morgan fingerprint density at radius 1 is 1.33 bits per heavy atom. The minimum absolute atomic E-state index is 0.0473.